The van der Waals surface area contributed by atoms with Gasteiger partial charge in [-0.25, -0.2) is 14.1 Å². The number of thiophene rings is 1. The molecular weight excluding hydrogens is 423 g/mol. The van der Waals surface area contributed by atoms with Crippen LogP contribution in [0.15, 0.2) is 58.7 Å². The molecule has 0 aliphatic heterocycles. The third kappa shape index (κ3) is 4.52. The van der Waals surface area contributed by atoms with Crippen molar-refractivity contribution in [2.24, 2.45) is 0 Å². The number of hydrogen-bond acceptors (Lipinski definition) is 6. The van der Waals surface area contributed by atoms with Crippen LogP contribution < -0.4 is 10.9 Å². The monoisotopic (exact) mass is 440 g/mol. The molecule has 0 unspecified atom stereocenters. The van der Waals surface area contributed by atoms with E-state index in [9.17, 15) is 14.0 Å². The van der Waals surface area contributed by atoms with Crippen LogP contribution in [0.3, 0.4) is 0 Å². The third-order valence-electron chi connectivity index (χ3n) is 4.35. The van der Waals surface area contributed by atoms with E-state index in [1.807, 2.05) is 24.4 Å². The van der Waals surface area contributed by atoms with Crippen molar-refractivity contribution >= 4 is 28.6 Å². The van der Waals surface area contributed by atoms with E-state index in [4.69, 9.17) is 0 Å². The molecule has 6 nitrogen and oxygen atoms in total. The fourth-order valence-electron chi connectivity index (χ4n) is 2.84. The maximum Gasteiger partial charge on any atom is 0.272 e. The minimum atomic E-state index is -0.395. The van der Waals surface area contributed by atoms with Crippen LogP contribution in [0.1, 0.15) is 26.6 Å². The molecule has 4 rings (SSSR count). The molecule has 30 heavy (non-hydrogen) atoms. The van der Waals surface area contributed by atoms with Crippen LogP contribution in [0.2, 0.25) is 0 Å². The molecular formula is C21H17FN4O2S2. The van der Waals surface area contributed by atoms with Gasteiger partial charge in [0, 0.05) is 10.9 Å². The van der Waals surface area contributed by atoms with Gasteiger partial charge in [-0.05, 0) is 42.1 Å². The van der Waals surface area contributed by atoms with Gasteiger partial charge in [0.2, 0.25) is 0 Å². The molecule has 0 aliphatic rings. The number of benzene rings is 1. The zero-order chi connectivity index (χ0) is 21.1. The van der Waals surface area contributed by atoms with Crippen LogP contribution in [0, 0.1) is 12.7 Å². The Hall–Kier alpha value is -3.17. The standard InChI is InChI=1S/C21H17FN4O2S2/c1-13-18(30-21(24-13)17-6-3-9-29-17)11-23-20(28)16-7-8-19(27)26(25-16)12-14-4-2-5-15(22)10-14/h2-10H,11-12H2,1H3,(H,23,28). The molecule has 1 N–H and O–H groups in total. The van der Waals surface area contributed by atoms with E-state index in [-0.39, 0.29) is 17.8 Å². The van der Waals surface area contributed by atoms with Gasteiger partial charge in [0.15, 0.2) is 0 Å². The largest absolute Gasteiger partial charge is 0.346 e. The van der Waals surface area contributed by atoms with E-state index in [1.165, 1.54) is 35.6 Å². The highest BCUT2D eigenvalue weighted by Crippen LogP contribution is 2.30. The Kier molecular flexibility index (Phi) is 5.82. The lowest BCUT2D eigenvalue weighted by Crippen LogP contribution is -2.29. The van der Waals surface area contributed by atoms with Gasteiger partial charge in [0.05, 0.1) is 23.7 Å². The Bertz CT molecular complexity index is 1250. The second kappa shape index (κ2) is 8.68. The van der Waals surface area contributed by atoms with Gasteiger partial charge in [-0.2, -0.15) is 5.10 Å². The first-order valence-electron chi connectivity index (χ1n) is 9.10. The predicted octanol–water partition coefficient (Wildman–Crippen LogP) is 3.85. The highest BCUT2D eigenvalue weighted by Gasteiger charge is 2.14. The molecule has 152 valence electrons. The molecule has 0 atom stereocenters. The average molecular weight is 441 g/mol. The summed E-state index contributed by atoms with van der Waals surface area (Å²) in [6.45, 7) is 2.31. The van der Waals surface area contributed by atoms with Crippen molar-refractivity contribution in [1.29, 1.82) is 0 Å². The zero-order valence-corrected chi connectivity index (χ0v) is 17.6. The Morgan fingerprint density at radius 3 is 2.83 bits per heavy atom. The second-order valence-electron chi connectivity index (χ2n) is 6.53. The molecule has 3 heterocycles. The minimum Gasteiger partial charge on any atom is -0.346 e. The van der Waals surface area contributed by atoms with E-state index in [0.29, 0.717) is 12.1 Å². The van der Waals surface area contributed by atoms with Crippen LogP contribution in [0.5, 0.6) is 0 Å². The van der Waals surface area contributed by atoms with Gasteiger partial charge < -0.3 is 5.32 Å². The normalized spacial score (nSPS) is 10.9. The SMILES string of the molecule is Cc1nc(-c2cccs2)sc1CNC(=O)c1ccc(=O)n(Cc2cccc(F)c2)n1. The number of rotatable bonds is 6. The highest BCUT2D eigenvalue weighted by atomic mass is 32.1. The fraction of sp³-hybridized carbons (Fsp3) is 0.143. The summed E-state index contributed by atoms with van der Waals surface area (Å²) in [5.74, 6) is -0.787. The predicted molar refractivity (Wildman–Crippen MR) is 115 cm³/mol. The lowest BCUT2D eigenvalue weighted by atomic mass is 10.2. The number of thiazole rings is 1. The van der Waals surface area contributed by atoms with Crippen molar-refractivity contribution in [3.05, 3.63) is 91.9 Å². The first-order valence-corrected chi connectivity index (χ1v) is 10.8. The van der Waals surface area contributed by atoms with E-state index in [0.717, 1.165) is 25.1 Å². The zero-order valence-electron chi connectivity index (χ0n) is 16.0. The summed E-state index contributed by atoms with van der Waals surface area (Å²) < 4.78 is 14.5. The quantitative estimate of drug-likeness (QED) is 0.494. The molecule has 0 radical (unpaired) electrons. The molecule has 0 spiro atoms. The van der Waals surface area contributed by atoms with Crippen molar-refractivity contribution in [3.63, 3.8) is 0 Å². The Morgan fingerprint density at radius 2 is 2.07 bits per heavy atom. The van der Waals surface area contributed by atoms with E-state index in [1.54, 1.807) is 23.5 Å². The van der Waals surface area contributed by atoms with Gasteiger partial charge in [-0.15, -0.1) is 22.7 Å². The third-order valence-corrected chi connectivity index (χ3v) is 6.55. The maximum atomic E-state index is 13.4. The number of carbonyl (C=O) groups excluding carboxylic acids is 1. The summed E-state index contributed by atoms with van der Waals surface area (Å²) in [4.78, 5) is 31.3. The summed E-state index contributed by atoms with van der Waals surface area (Å²) in [6, 6.07) is 12.6. The first kappa shape index (κ1) is 20.1. The summed E-state index contributed by atoms with van der Waals surface area (Å²) >= 11 is 3.16. The molecule has 4 aromatic rings. The van der Waals surface area contributed by atoms with Crippen molar-refractivity contribution in [2.75, 3.05) is 0 Å². The summed E-state index contributed by atoms with van der Waals surface area (Å²) in [6.07, 6.45) is 0. The lowest BCUT2D eigenvalue weighted by Gasteiger charge is -2.08. The summed E-state index contributed by atoms with van der Waals surface area (Å²) in [7, 11) is 0. The van der Waals surface area contributed by atoms with Gasteiger partial charge >= 0.3 is 0 Å². The van der Waals surface area contributed by atoms with Crippen molar-refractivity contribution < 1.29 is 9.18 Å². The molecule has 0 bridgehead atoms. The van der Waals surface area contributed by atoms with Crippen LogP contribution >= 0.6 is 22.7 Å². The van der Waals surface area contributed by atoms with E-state index < -0.39 is 11.7 Å². The van der Waals surface area contributed by atoms with Gasteiger partial charge in [0.25, 0.3) is 11.5 Å². The molecule has 9 heteroatoms. The van der Waals surface area contributed by atoms with Crippen LogP contribution in [0.4, 0.5) is 4.39 Å². The minimum absolute atomic E-state index is 0.0792. The molecule has 0 saturated carbocycles. The molecule has 0 fully saturated rings. The molecule has 1 amide bonds. The molecule has 1 aromatic carbocycles. The van der Waals surface area contributed by atoms with E-state index >= 15 is 0 Å². The number of aromatic nitrogens is 3. The Labute approximate surface area is 179 Å². The number of aryl methyl sites for hydroxylation is 1. The number of nitrogens with one attached hydrogen (secondary N) is 1. The number of nitrogens with zero attached hydrogens (tertiary/aromatic N) is 3. The van der Waals surface area contributed by atoms with Gasteiger partial charge in [-0.3, -0.25) is 9.59 Å². The molecule has 3 aromatic heterocycles. The first-order chi connectivity index (χ1) is 14.5. The fourth-order valence-corrected chi connectivity index (χ4v) is 4.64. The number of amides is 1. The van der Waals surface area contributed by atoms with Crippen molar-refractivity contribution in [1.82, 2.24) is 20.1 Å². The van der Waals surface area contributed by atoms with Crippen LogP contribution in [-0.2, 0) is 13.1 Å². The Balaban J connectivity index is 1.47. The van der Waals surface area contributed by atoms with Crippen LogP contribution in [-0.4, -0.2) is 20.7 Å². The van der Waals surface area contributed by atoms with Crippen molar-refractivity contribution in [2.45, 2.75) is 20.0 Å². The molecule has 0 aliphatic carbocycles. The Morgan fingerprint density at radius 1 is 1.20 bits per heavy atom. The smallest absolute Gasteiger partial charge is 0.272 e. The summed E-state index contributed by atoms with van der Waals surface area (Å²) in [5, 5.41) is 9.89. The maximum absolute atomic E-state index is 13.4. The number of carbonyl (C=O) groups is 1. The second-order valence-corrected chi connectivity index (χ2v) is 8.56. The topological polar surface area (TPSA) is 76.9 Å². The molecule has 0 saturated heterocycles. The van der Waals surface area contributed by atoms with Crippen molar-refractivity contribution in [3.8, 4) is 9.88 Å². The van der Waals surface area contributed by atoms with Crippen LogP contribution in [0.25, 0.3) is 9.88 Å². The lowest BCUT2D eigenvalue weighted by molar-refractivity contribution is 0.0943. The highest BCUT2D eigenvalue weighted by molar-refractivity contribution is 7.21. The summed E-state index contributed by atoms with van der Waals surface area (Å²) in [5.41, 5.74) is 1.21. The number of halogens is 1. The van der Waals surface area contributed by atoms with Gasteiger partial charge in [0.1, 0.15) is 16.5 Å². The van der Waals surface area contributed by atoms with E-state index in [2.05, 4.69) is 15.4 Å². The van der Waals surface area contributed by atoms with Gasteiger partial charge in [-0.1, -0.05) is 18.2 Å². The number of hydrogen-bond donors (Lipinski definition) is 1. The average Bonchev–Trinajstić information content (AvgIpc) is 3.38.